The van der Waals surface area contributed by atoms with Crippen LogP contribution in [0.15, 0.2) is 53.6 Å². The highest BCUT2D eigenvalue weighted by molar-refractivity contribution is 7.92. The molecule has 0 heterocycles. The SMILES string of the molecule is CS(=O)(=O)N(CC(=O)N/N=C\c1ccc(C(=O)O)cc1)c1cccc([N+](=O)[O-])c1. The normalized spacial score (nSPS) is 11.2. The van der Waals surface area contributed by atoms with Crippen molar-refractivity contribution in [3.63, 3.8) is 0 Å². The van der Waals surface area contributed by atoms with Crippen molar-refractivity contribution in [1.82, 2.24) is 5.43 Å². The van der Waals surface area contributed by atoms with Gasteiger partial charge in [0.1, 0.15) is 6.54 Å². The number of hydrogen-bond acceptors (Lipinski definition) is 7. The highest BCUT2D eigenvalue weighted by atomic mass is 32.2. The molecule has 1 amide bonds. The zero-order valence-corrected chi connectivity index (χ0v) is 15.9. The van der Waals surface area contributed by atoms with Crippen LogP contribution in [0.3, 0.4) is 0 Å². The molecule has 0 aliphatic carbocycles. The van der Waals surface area contributed by atoms with Crippen LogP contribution in [0.1, 0.15) is 15.9 Å². The number of anilines is 1. The zero-order chi connectivity index (χ0) is 21.6. The van der Waals surface area contributed by atoms with Gasteiger partial charge in [0.05, 0.1) is 28.6 Å². The molecule has 0 aromatic heterocycles. The third-order valence-corrected chi connectivity index (χ3v) is 4.72. The molecule has 0 aliphatic heterocycles. The second-order valence-electron chi connectivity index (χ2n) is 5.77. The molecule has 11 nitrogen and oxygen atoms in total. The number of nitrogens with zero attached hydrogens (tertiary/aromatic N) is 3. The van der Waals surface area contributed by atoms with Crippen LogP contribution in [0.25, 0.3) is 0 Å². The lowest BCUT2D eigenvalue weighted by molar-refractivity contribution is -0.384. The quantitative estimate of drug-likeness (QED) is 0.369. The number of aromatic carboxylic acids is 1. The van der Waals surface area contributed by atoms with Crippen LogP contribution < -0.4 is 9.73 Å². The summed E-state index contributed by atoms with van der Waals surface area (Å²) in [6, 6.07) is 10.6. The number of hydrogen-bond donors (Lipinski definition) is 2. The van der Waals surface area contributed by atoms with Gasteiger partial charge in [-0.25, -0.2) is 18.6 Å². The zero-order valence-electron chi connectivity index (χ0n) is 15.0. The van der Waals surface area contributed by atoms with Crippen molar-refractivity contribution in [3.8, 4) is 0 Å². The number of hydrazone groups is 1. The summed E-state index contributed by atoms with van der Waals surface area (Å²) < 4.78 is 24.8. The number of carbonyl (C=O) groups excluding carboxylic acids is 1. The number of nitro groups is 1. The number of benzene rings is 2. The van der Waals surface area contributed by atoms with Gasteiger partial charge in [0.2, 0.25) is 10.0 Å². The Morgan fingerprint density at radius 3 is 2.45 bits per heavy atom. The van der Waals surface area contributed by atoms with Crippen LogP contribution in [0, 0.1) is 10.1 Å². The van der Waals surface area contributed by atoms with Gasteiger partial charge in [-0.05, 0) is 23.8 Å². The molecule has 0 bridgehead atoms. The minimum absolute atomic E-state index is 0.0370. The van der Waals surface area contributed by atoms with E-state index in [2.05, 4.69) is 10.5 Å². The largest absolute Gasteiger partial charge is 0.478 e. The first-order valence-corrected chi connectivity index (χ1v) is 9.80. The average Bonchev–Trinajstić information content (AvgIpc) is 2.65. The van der Waals surface area contributed by atoms with E-state index in [1.54, 1.807) is 0 Å². The Kier molecular flexibility index (Phi) is 6.62. The van der Waals surface area contributed by atoms with Gasteiger partial charge in [-0.3, -0.25) is 19.2 Å². The summed E-state index contributed by atoms with van der Waals surface area (Å²) in [5.41, 5.74) is 2.39. The molecule has 0 aliphatic rings. The molecule has 2 rings (SSSR count). The standard InChI is InChI=1S/C17H16N4O7S/c1-29(27,28)20(14-3-2-4-15(9-14)21(25)26)11-16(22)19-18-10-12-5-7-13(8-6-12)17(23)24/h2-10H,11H2,1H3,(H,19,22)(H,23,24)/b18-10-. The lowest BCUT2D eigenvalue weighted by Gasteiger charge is -2.21. The monoisotopic (exact) mass is 420 g/mol. The molecule has 152 valence electrons. The third-order valence-electron chi connectivity index (χ3n) is 3.58. The van der Waals surface area contributed by atoms with Crippen LogP contribution in [-0.4, -0.2) is 49.3 Å². The molecule has 0 fully saturated rings. The summed E-state index contributed by atoms with van der Waals surface area (Å²) in [4.78, 5) is 33.1. The minimum Gasteiger partial charge on any atom is -0.478 e. The van der Waals surface area contributed by atoms with E-state index in [0.29, 0.717) is 9.87 Å². The number of carboxylic acids is 1. The minimum atomic E-state index is -3.90. The van der Waals surface area contributed by atoms with Crippen molar-refractivity contribution < 1.29 is 28.0 Å². The molecular formula is C17H16N4O7S. The average molecular weight is 420 g/mol. The van der Waals surface area contributed by atoms with Gasteiger partial charge in [-0.1, -0.05) is 18.2 Å². The Balaban J connectivity index is 2.10. The molecule has 0 radical (unpaired) electrons. The fourth-order valence-electron chi connectivity index (χ4n) is 2.22. The molecule has 0 saturated carbocycles. The first-order valence-electron chi connectivity index (χ1n) is 7.95. The number of amides is 1. The molecule has 0 atom stereocenters. The summed E-state index contributed by atoms with van der Waals surface area (Å²) in [5, 5.41) is 23.4. The topological polar surface area (TPSA) is 159 Å². The number of carbonyl (C=O) groups is 2. The molecular weight excluding hydrogens is 404 g/mol. The van der Waals surface area contributed by atoms with E-state index in [4.69, 9.17) is 5.11 Å². The van der Waals surface area contributed by atoms with Gasteiger partial charge < -0.3 is 5.11 Å². The molecule has 12 heteroatoms. The Bertz CT molecular complexity index is 1070. The van der Waals surface area contributed by atoms with Crippen molar-refractivity contribution in [1.29, 1.82) is 0 Å². The van der Waals surface area contributed by atoms with E-state index in [-0.39, 0.29) is 16.9 Å². The maximum atomic E-state index is 12.1. The summed E-state index contributed by atoms with van der Waals surface area (Å²) in [6.07, 6.45) is 2.12. The summed E-state index contributed by atoms with van der Waals surface area (Å²) in [6.45, 7) is -0.644. The molecule has 0 saturated heterocycles. The summed E-state index contributed by atoms with van der Waals surface area (Å²) in [5.74, 6) is -1.86. The number of nitro benzene ring substituents is 1. The summed E-state index contributed by atoms with van der Waals surface area (Å²) in [7, 11) is -3.90. The van der Waals surface area contributed by atoms with Crippen molar-refractivity contribution in [2.24, 2.45) is 5.10 Å². The maximum Gasteiger partial charge on any atom is 0.335 e. The predicted octanol–water partition coefficient (Wildman–Crippen LogP) is 1.21. The first-order chi connectivity index (χ1) is 13.6. The predicted molar refractivity (Wildman–Crippen MR) is 104 cm³/mol. The van der Waals surface area contributed by atoms with Crippen LogP contribution >= 0.6 is 0 Å². The highest BCUT2D eigenvalue weighted by Crippen LogP contribution is 2.22. The van der Waals surface area contributed by atoms with Crippen molar-refractivity contribution in [2.75, 3.05) is 17.1 Å². The fourth-order valence-corrected chi connectivity index (χ4v) is 3.07. The second-order valence-corrected chi connectivity index (χ2v) is 7.67. The Morgan fingerprint density at radius 1 is 1.24 bits per heavy atom. The fraction of sp³-hybridized carbons (Fsp3) is 0.118. The Morgan fingerprint density at radius 2 is 1.90 bits per heavy atom. The lowest BCUT2D eigenvalue weighted by Crippen LogP contribution is -2.39. The van der Waals surface area contributed by atoms with E-state index in [1.807, 2.05) is 0 Å². The highest BCUT2D eigenvalue weighted by Gasteiger charge is 2.22. The van der Waals surface area contributed by atoms with E-state index in [0.717, 1.165) is 12.3 Å². The Hall–Kier alpha value is -3.80. The summed E-state index contributed by atoms with van der Waals surface area (Å²) >= 11 is 0. The molecule has 0 spiro atoms. The number of rotatable bonds is 8. The van der Waals surface area contributed by atoms with Gasteiger partial charge >= 0.3 is 5.97 Å². The van der Waals surface area contributed by atoms with Crippen molar-refractivity contribution in [3.05, 3.63) is 69.8 Å². The molecule has 2 aromatic rings. The van der Waals surface area contributed by atoms with Crippen molar-refractivity contribution >= 4 is 39.5 Å². The Labute approximate surface area is 165 Å². The molecule has 0 unspecified atom stereocenters. The van der Waals surface area contributed by atoms with Crippen LogP contribution in [0.2, 0.25) is 0 Å². The number of non-ortho nitro benzene ring substituents is 1. The van der Waals surface area contributed by atoms with Gasteiger partial charge in [0, 0.05) is 12.1 Å². The van der Waals surface area contributed by atoms with Crippen LogP contribution in [0.5, 0.6) is 0 Å². The molecule has 2 N–H and O–H groups in total. The molecule has 29 heavy (non-hydrogen) atoms. The number of sulfonamides is 1. The number of carboxylic acid groups (broad SMARTS) is 1. The van der Waals surface area contributed by atoms with Gasteiger partial charge in [-0.2, -0.15) is 5.10 Å². The second kappa shape index (κ2) is 8.93. The van der Waals surface area contributed by atoms with E-state index in [9.17, 15) is 28.1 Å². The maximum absolute atomic E-state index is 12.1. The van der Waals surface area contributed by atoms with E-state index in [1.165, 1.54) is 48.7 Å². The molecule has 2 aromatic carbocycles. The van der Waals surface area contributed by atoms with Crippen LogP contribution in [0.4, 0.5) is 11.4 Å². The van der Waals surface area contributed by atoms with Gasteiger partial charge in [0.15, 0.2) is 0 Å². The number of nitrogens with one attached hydrogen (secondary N) is 1. The first kappa shape index (κ1) is 21.5. The third kappa shape index (κ3) is 6.10. The lowest BCUT2D eigenvalue weighted by atomic mass is 10.1. The van der Waals surface area contributed by atoms with Crippen LogP contribution in [-0.2, 0) is 14.8 Å². The smallest absolute Gasteiger partial charge is 0.335 e. The van der Waals surface area contributed by atoms with E-state index < -0.39 is 33.4 Å². The van der Waals surface area contributed by atoms with E-state index >= 15 is 0 Å². The van der Waals surface area contributed by atoms with Crippen molar-refractivity contribution in [2.45, 2.75) is 0 Å². The van der Waals surface area contributed by atoms with Gasteiger partial charge in [-0.15, -0.1) is 0 Å². The van der Waals surface area contributed by atoms with Gasteiger partial charge in [0.25, 0.3) is 11.6 Å².